The Labute approximate surface area is 194 Å². The highest BCUT2D eigenvalue weighted by Gasteiger charge is 2.21. The minimum absolute atomic E-state index is 0.0632. The van der Waals surface area contributed by atoms with Crippen LogP contribution in [0.5, 0.6) is 0 Å². The van der Waals surface area contributed by atoms with E-state index in [1.807, 2.05) is 50.2 Å². The van der Waals surface area contributed by atoms with Crippen molar-refractivity contribution in [2.24, 2.45) is 0 Å². The molecule has 168 valence electrons. The summed E-state index contributed by atoms with van der Waals surface area (Å²) in [6.45, 7) is 3.67. The van der Waals surface area contributed by atoms with Gasteiger partial charge in [-0.3, -0.25) is 14.4 Å². The summed E-state index contributed by atoms with van der Waals surface area (Å²) in [5.74, 6) is -0.512. The van der Waals surface area contributed by atoms with Crippen molar-refractivity contribution >= 4 is 33.4 Å². The number of hydrogen-bond donors (Lipinski definition) is 2. The predicted molar refractivity (Wildman–Crippen MR) is 127 cm³/mol. The van der Waals surface area contributed by atoms with Gasteiger partial charge in [0.15, 0.2) is 0 Å². The lowest BCUT2D eigenvalue weighted by Gasteiger charge is -2.18. The Morgan fingerprint density at radius 2 is 1.73 bits per heavy atom. The van der Waals surface area contributed by atoms with Gasteiger partial charge >= 0.3 is 5.97 Å². The normalized spacial score (nSPS) is 11.8. The first-order chi connectivity index (χ1) is 15.9. The topological polar surface area (TPSA) is 101 Å². The maximum atomic E-state index is 12.7. The van der Waals surface area contributed by atoms with Gasteiger partial charge in [0.25, 0.3) is 11.5 Å². The van der Waals surface area contributed by atoms with Gasteiger partial charge in [-0.05, 0) is 37.1 Å². The molecule has 0 saturated carbocycles. The number of fused-ring (bicyclic) bond motifs is 1. The van der Waals surface area contributed by atoms with E-state index in [4.69, 9.17) is 4.74 Å². The predicted octanol–water partition coefficient (Wildman–Crippen LogP) is 4.21. The van der Waals surface area contributed by atoms with Gasteiger partial charge in [-0.2, -0.15) is 0 Å². The second-order valence-corrected chi connectivity index (χ2v) is 8.85. The molecule has 1 amide bonds. The number of H-pyrrole nitrogens is 1. The number of nitrogens with zero attached hydrogens (tertiary/aromatic N) is 1. The monoisotopic (exact) mass is 461 g/mol. The molecule has 0 fully saturated rings. The van der Waals surface area contributed by atoms with Crippen LogP contribution in [0.25, 0.3) is 10.2 Å². The second kappa shape index (κ2) is 9.79. The van der Waals surface area contributed by atoms with Crippen molar-refractivity contribution in [1.82, 2.24) is 15.3 Å². The second-order valence-electron chi connectivity index (χ2n) is 7.64. The van der Waals surface area contributed by atoms with Crippen LogP contribution >= 0.6 is 11.3 Å². The molecule has 0 spiro atoms. The molecule has 4 rings (SSSR count). The first-order valence-corrected chi connectivity index (χ1v) is 11.3. The van der Waals surface area contributed by atoms with E-state index < -0.39 is 12.0 Å². The third-order valence-corrected chi connectivity index (χ3v) is 6.47. The first kappa shape index (κ1) is 22.4. The van der Waals surface area contributed by atoms with Crippen LogP contribution in [0.4, 0.5) is 0 Å². The molecule has 2 aromatic carbocycles. The molecular formula is C25H23N3O4S. The standard InChI is InChI=1S/C25H23N3O4S/c1-15-16(2)33-25-22(15)24(31)27-20(28-25)14-32-21(29)13-19(17-9-5-3-6-10-17)26-23(30)18-11-7-4-8-12-18/h3-12,19H,13-14H2,1-2H3,(H,26,30)(H,27,28,31). The number of rotatable bonds is 7. The molecule has 0 aliphatic rings. The van der Waals surface area contributed by atoms with Gasteiger partial charge < -0.3 is 15.0 Å². The van der Waals surface area contributed by atoms with Crippen molar-refractivity contribution in [2.45, 2.75) is 32.9 Å². The van der Waals surface area contributed by atoms with Gasteiger partial charge in [-0.25, -0.2) is 4.98 Å². The Balaban J connectivity index is 1.46. The van der Waals surface area contributed by atoms with E-state index in [2.05, 4.69) is 15.3 Å². The number of aromatic nitrogens is 2. The summed E-state index contributed by atoms with van der Waals surface area (Å²) in [6.07, 6.45) is -0.0632. The van der Waals surface area contributed by atoms with E-state index in [1.54, 1.807) is 24.3 Å². The Kier molecular flexibility index (Phi) is 6.65. The quantitative estimate of drug-likeness (QED) is 0.402. The van der Waals surface area contributed by atoms with Gasteiger partial charge in [0.2, 0.25) is 0 Å². The fraction of sp³-hybridized carbons (Fsp3) is 0.200. The zero-order chi connectivity index (χ0) is 23.4. The highest BCUT2D eigenvalue weighted by Crippen LogP contribution is 2.26. The molecule has 2 aromatic heterocycles. The molecule has 33 heavy (non-hydrogen) atoms. The van der Waals surface area contributed by atoms with Gasteiger partial charge in [0.05, 0.1) is 17.8 Å². The van der Waals surface area contributed by atoms with Crippen molar-refractivity contribution < 1.29 is 14.3 Å². The molecule has 0 radical (unpaired) electrons. The molecule has 7 nitrogen and oxygen atoms in total. The van der Waals surface area contributed by atoms with Gasteiger partial charge in [0, 0.05) is 10.4 Å². The van der Waals surface area contributed by atoms with Crippen LogP contribution in [0.15, 0.2) is 65.5 Å². The van der Waals surface area contributed by atoms with E-state index in [1.165, 1.54) is 11.3 Å². The van der Waals surface area contributed by atoms with Crippen LogP contribution in [-0.2, 0) is 16.1 Å². The number of aryl methyl sites for hydroxylation is 2. The SMILES string of the molecule is Cc1sc2nc(COC(=O)CC(NC(=O)c3ccccc3)c3ccccc3)[nH]c(=O)c2c1C. The van der Waals surface area contributed by atoms with E-state index in [9.17, 15) is 14.4 Å². The molecule has 8 heteroatoms. The molecule has 1 unspecified atom stereocenters. The number of aromatic amines is 1. The van der Waals surface area contributed by atoms with Crippen LogP contribution in [-0.4, -0.2) is 21.8 Å². The number of carbonyl (C=O) groups excluding carboxylic acids is 2. The minimum atomic E-state index is -0.566. The van der Waals surface area contributed by atoms with Crippen LogP contribution in [0.3, 0.4) is 0 Å². The summed E-state index contributed by atoms with van der Waals surface area (Å²) >= 11 is 1.43. The van der Waals surface area contributed by atoms with Gasteiger partial charge in [-0.15, -0.1) is 11.3 Å². The van der Waals surface area contributed by atoms with Crippen molar-refractivity contribution in [3.05, 3.63) is 98.4 Å². The third kappa shape index (κ3) is 5.18. The Morgan fingerprint density at radius 1 is 1.06 bits per heavy atom. The lowest BCUT2D eigenvalue weighted by molar-refractivity contribution is -0.145. The van der Waals surface area contributed by atoms with E-state index in [0.29, 0.717) is 15.8 Å². The number of amides is 1. The zero-order valence-electron chi connectivity index (χ0n) is 18.3. The summed E-state index contributed by atoms with van der Waals surface area (Å²) in [6, 6.07) is 17.5. The van der Waals surface area contributed by atoms with E-state index in [-0.39, 0.29) is 30.3 Å². The molecule has 0 aliphatic carbocycles. The summed E-state index contributed by atoms with van der Waals surface area (Å²) < 4.78 is 5.39. The molecule has 0 bridgehead atoms. The molecule has 2 N–H and O–H groups in total. The average Bonchev–Trinajstić information content (AvgIpc) is 3.12. The molecule has 0 saturated heterocycles. The fourth-order valence-electron chi connectivity index (χ4n) is 3.51. The Hall–Kier alpha value is -3.78. The lowest BCUT2D eigenvalue weighted by Crippen LogP contribution is -2.30. The smallest absolute Gasteiger partial charge is 0.308 e. The third-order valence-electron chi connectivity index (χ3n) is 5.37. The maximum absolute atomic E-state index is 12.7. The largest absolute Gasteiger partial charge is 0.457 e. The van der Waals surface area contributed by atoms with E-state index >= 15 is 0 Å². The summed E-state index contributed by atoms with van der Waals surface area (Å²) in [5, 5.41) is 3.48. The first-order valence-electron chi connectivity index (χ1n) is 10.5. The van der Waals surface area contributed by atoms with Crippen LogP contribution in [0, 0.1) is 13.8 Å². The summed E-state index contributed by atoms with van der Waals surface area (Å²) in [5.41, 5.74) is 1.96. The highest BCUT2D eigenvalue weighted by molar-refractivity contribution is 7.18. The Morgan fingerprint density at radius 3 is 2.42 bits per heavy atom. The van der Waals surface area contributed by atoms with Crippen LogP contribution in [0.2, 0.25) is 0 Å². The molecular weight excluding hydrogens is 438 g/mol. The molecule has 1 atom stereocenters. The summed E-state index contributed by atoms with van der Waals surface area (Å²) in [4.78, 5) is 46.5. The number of benzene rings is 2. The fourth-order valence-corrected chi connectivity index (χ4v) is 4.56. The van der Waals surface area contributed by atoms with E-state index in [0.717, 1.165) is 16.0 Å². The Bertz CT molecular complexity index is 1350. The van der Waals surface area contributed by atoms with Crippen molar-refractivity contribution in [3.8, 4) is 0 Å². The number of thiophene rings is 1. The molecule has 0 aliphatic heterocycles. The number of esters is 1. The van der Waals surface area contributed by atoms with Crippen LogP contribution < -0.4 is 10.9 Å². The summed E-state index contributed by atoms with van der Waals surface area (Å²) in [7, 11) is 0. The number of carbonyl (C=O) groups is 2. The maximum Gasteiger partial charge on any atom is 0.308 e. The molecule has 2 heterocycles. The average molecular weight is 462 g/mol. The lowest BCUT2D eigenvalue weighted by atomic mass is 10.0. The van der Waals surface area contributed by atoms with Gasteiger partial charge in [-0.1, -0.05) is 48.5 Å². The highest BCUT2D eigenvalue weighted by atomic mass is 32.1. The van der Waals surface area contributed by atoms with Gasteiger partial charge in [0.1, 0.15) is 17.3 Å². The van der Waals surface area contributed by atoms with Crippen molar-refractivity contribution in [2.75, 3.05) is 0 Å². The van der Waals surface area contributed by atoms with Crippen molar-refractivity contribution in [1.29, 1.82) is 0 Å². The zero-order valence-corrected chi connectivity index (χ0v) is 19.1. The molecule has 4 aromatic rings. The number of hydrogen-bond acceptors (Lipinski definition) is 6. The minimum Gasteiger partial charge on any atom is -0.457 e. The number of nitrogens with one attached hydrogen (secondary N) is 2. The number of ether oxygens (including phenoxy) is 1. The van der Waals surface area contributed by atoms with Crippen molar-refractivity contribution in [3.63, 3.8) is 0 Å². The van der Waals surface area contributed by atoms with Crippen LogP contribution in [0.1, 0.15) is 44.6 Å².